The third kappa shape index (κ3) is 3.24. The van der Waals surface area contributed by atoms with E-state index in [1.807, 2.05) is 30.3 Å². The van der Waals surface area contributed by atoms with E-state index in [4.69, 9.17) is 4.74 Å². The topological polar surface area (TPSA) is 79.0 Å². The summed E-state index contributed by atoms with van der Waals surface area (Å²) in [5.74, 6) is 0.380. The van der Waals surface area contributed by atoms with E-state index in [9.17, 15) is 10.4 Å². The van der Waals surface area contributed by atoms with Crippen LogP contribution in [0.3, 0.4) is 0 Å². The average Bonchev–Trinajstić information content (AvgIpc) is 2.65. The van der Waals surface area contributed by atoms with Crippen molar-refractivity contribution in [1.29, 1.82) is 5.26 Å². The molecular weight excluding hydrogens is 322 g/mol. The highest BCUT2D eigenvalue weighted by Gasteiger charge is 2.14. The van der Waals surface area contributed by atoms with Gasteiger partial charge in [0.25, 0.3) is 0 Å². The summed E-state index contributed by atoms with van der Waals surface area (Å²) in [6.07, 6.45) is 2.38. The first-order chi connectivity index (χ1) is 11.7. The molecule has 1 unspecified atom stereocenters. The first-order valence-corrected chi connectivity index (χ1v) is 8.29. The van der Waals surface area contributed by atoms with Gasteiger partial charge in [0.2, 0.25) is 0 Å². The standard InChI is InChI=1S/C18H15N3O2S/c1-23-17(22)10-24-16-9-20-11-21-18(16)15-7-6-12(8-19)13-4-2-3-5-14(13)15/h2-7,9,11,17,22H,10H2,1H3. The summed E-state index contributed by atoms with van der Waals surface area (Å²) in [6, 6.07) is 13.7. The van der Waals surface area contributed by atoms with Crippen LogP contribution in [0.25, 0.3) is 22.0 Å². The predicted molar refractivity (Wildman–Crippen MR) is 93.4 cm³/mol. The monoisotopic (exact) mass is 337 g/mol. The number of aromatic nitrogens is 2. The minimum Gasteiger partial charge on any atom is -0.367 e. The van der Waals surface area contributed by atoms with Gasteiger partial charge in [-0.2, -0.15) is 5.26 Å². The molecule has 1 aromatic heterocycles. The van der Waals surface area contributed by atoms with Gasteiger partial charge in [-0.05, 0) is 11.5 Å². The molecule has 0 fully saturated rings. The summed E-state index contributed by atoms with van der Waals surface area (Å²) in [4.78, 5) is 9.35. The van der Waals surface area contributed by atoms with Gasteiger partial charge in [-0.25, -0.2) is 9.97 Å². The normalized spacial score (nSPS) is 12.0. The number of hydrogen-bond acceptors (Lipinski definition) is 6. The van der Waals surface area contributed by atoms with Gasteiger partial charge in [0.05, 0.1) is 22.2 Å². The molecule has 120 valence electrons. The zero-order valence-electron chi connectivity index (χ0n) is 13.0. The molecule has 1 heterocycles. The lowest BCUT2D eigenvalue weighted by molar-refractivity contribution is -0.0545. The molecule has 0 amide bonds. The fourth-order valence-electron chi connectivity index (χ4n) is 2.46. The molecule has 6 heteroatoms. The molecule has 3 aromatic rings. The fourth-order valence-corrected chi connectivity index (χ4v) is 3.35. The molecule has 0 aliphatic rings. The van der Waals surface area contributed by atoms with Crippen LogP contribution >= 0.6 is 11.8 Å². The van der Waals surface area contributed by atoms with Crippen molar-refractivity contribution >= 4 is 22.5 Å². The van der Waals surface area contributed by atoms with E-state index in [2.05, 4.69) is 16.0 Å². The Labute approximate surface area is 143 Å². The number of hydrogen-bond donors (Lipinski definition) is 1. The first kappa shape index (κ1) is 16.4. The van der Waals surface area contributed by atoms with Gasteiger partial charge in [-0.15, -0.1) is 11.8 Å². The van der Waals surface area contributed by atoms with Gasteiger partial charge in [-0.1, -0.05) is 30.3 Å². The van der Waals surface area contributed by atoms with E-state index in [-0.39, 0.29) is 0 Å². The van der Waals surface area contributed by atoms with Crippen LogP contribution < -0.4 is 0 Å². The molecule has 0 aliphatic carbocycles. The Morgan fingerprint density at radius 1 is 1.25 bits per heavy atom. The second-order valence-corrected chi connectivity index (χ2v) is 6.12. The second kappa shape index (κ2) is 7.41. The summed E-state index contributed by atoms with van der Waals surface area (Å²) >= 11 is 1.43. The third-order valence-corrected chi connectivity index (χ3v) is 4.69. The maximum absolute atomic E-state index is 9.60. The summed E-state index contributed by atoms with van der Waals surface area (Å²) in [7, 11) is 1.46. The minimum absolute atomic E-state index is 0.380. The van der Waals surface area contributed by atoms with Crippen molar-refractivity contribution in [3.63, 3.8) is 0 Å². The summed E-state index contributed by atoms with van der Waals surface area (Å²) < 4.78 is 4.88. The van der Waals surface area contributed by atoms with Crippen LogP contribution in [0, 0.1) is 11.3 Å². The predicted octanol–water partition coefficient (Wildman–Crippen LogP) is 3.23. The Morgan fingerprint density at radius 3 is 2.79 bits per heavy atom. The Bertz CT molecular complexity index is 908. The zero-order chi connectivity index (χ0) is 16.9. The van der Waals surface area contributed by atoms with Gasteiger partial charge < -0.3 is 9.84 Å². The number of methoxy groups -OCH3 is 1. The number of thioether (sulfide) groups is 1. The molecule has 0 bridgehead atoms. The van der Waals surface area contributed by atoms with Crippen molar-refractivity contribution in [2.45, 2.75) is 11.2 Å². The Hall–Kier alpha value is -2.46. The molecule has 24 heavy (non-hydrogen) atoms. The third-order valence-electron chi connectivity index (χ3n) is 3.63. The lowest BCUT2D eigenvalue weighted by atomic mass is 9.98. The van der Waals surface area contributed by atoms with E-state index < -0.39 is 6.29 Å². The summed E-state index contributed by atoms with van der Waals surface area (Å²) in [5, 5.41) is 20.8. The minimum atomic E-state index is -0.847. The number of ether oxygens (including phenoxy) is 1. The number of benzene rings is 2. The number of aliphatic hydroxyl groups is 1. The molecule has 0 saturated carbocycles. The van der Waals surface area contributed by atoms with Crippen LogP contribution in [0.15, 0.2) is 53.8 Å². The van der Waals surface area contributed by atoms with Crippen LogP contribution in [0.5, 0.6) is 0 Å². The van der Waals surface area contributed by atoms with Crippen LogP contribution in [-0.2, 0) is 4.74 Å². The van der Waals surface area contributed by atoms with E-state index in [0.29, 0.717) is 11.3 Å². The van der Waals surface area contributed by atoms with Crippen molar-refractivity contribution in [3.8, 4) is 17.3 Å². The summed E-state index contributed by atoms with van der Waals surface area (Å²) in [5.41, 5.74) is 2.34. The van der Waals surface area contributed by atoms with Crippen molar-refractivity contribution in [2.24, 2.45) is 0 Å². The van der Waals surface area contributed by atoms with Crippen LogP contribution in [0.1, 0.15) is 5.56 Å². The van der Waals surface area contributed by atoms with Crippen molar-refractivity contribution < 1.29 is 9.84 Å². The maximum atomic E-state index is 9.60. The maximum Gasteiger partial charge on any atom is 0.163 e. The molecule has 1 N–H and O–H groups in total. The van der Waals surface area contributed by atoms with Crippen molar-refractivity contribution in [2.75, 3.05) is 12.9 Å². The quantitative estimate of drug-likeness (QED) is 0.569. The van der Waals surface area contributed by atoms with Gasteiger partial charge in [0.15, 0.2) is 6.29 Å². The zero-order valence-corrected chi connectivity index (χ0v) is 13.8. The Kier molecular flexibility index (Phi) is 5.06. The number of nitrogens with zero attached hydrogens (tertiary/aromatic N) is 3. The van der Waals surface area contributed by atoms with E-state index in [0.717, 1.165) is 26.9 Å². The lowest BCUT2D eigenvalue weighted by Gasteiger charge is -2.12. The molecule has 0 saturated heterocycles. The first-order valence-electron chi connectivity index (χ1n) is 7.30. The van der Waals surface area contributed by atoms with Gasteiger partial charge in [0, 0.05) is 30.0 Å². The number of rotatable bonds is 5. The molecule has 0 spiro atoms. The number of aliphatic hydroxyl groups excluding tert-OH is 1. The van der Waals surface area contributed by atoms with Gasteiger partial charge in [-0.3, -0.25) is 0 Å². The number of fused-ring (bicyclic) bond motifs is 1. The van der Waals surface area contributed by atoms with Crippen LogP contribution in [-0.4, -0.2) is 34.2 Å². The molecule has 5 nitrogen and oxygen atoms in total. The van der Waals surface area contributed by atoms with Crippen LogP contribution in [0.4, 0.5) is 0 Å². The van der Waals surface area contributed by atoms with E-state index in [1.54, 1.807) is 12.3 Å². The number of nitriles is 1. The average molecular weight is 337 g/mol. The lowest BCUT2D eigenvalue weighted by Crippen LogP contribution is -2.11. The molecule has 2 aromatic carbocycles. The highest BCUT2D eigenvalue weighted by molar-refractivity contribution is 7.99. The smallest absolute Gasteiger partial charge is 0.163 e. The molecular formula is C18H15N3O2S. The largest absolute Gasteiger partial charge is 0.367 e. The summed E-state index contributed by atoms with van der Waals surface area (Å²) in [6.45, 7) is 0. The Balaban J connectivity index is 2.10. The van der Waals surface area contributed by atoms with Crippen molar-refractivity contribution in [1.82, 2.24) is 9.97 Å². The van der Waals surface area contributed by atoms with Crippen molar-refractivity contribution in [3.05, 3.63) is 54.5 Å². The van der Waals surface area contributed by atoms with E-state index in [1.165, 1.54) is 25.2 Å². The highest BCUT2D eigenvalue weighted by Crippen LogP contribution is 2.35. The second-order valence-electron chi connectivity index (χ2n) is 5.06. The van der Waals surface area contributed by atoms with Gasteiger partial charge >= 0.3 is 0 Å². The van der Waals surface area contributed by atoms with Crippen LogP contribution in [0.2, 0.25) is 0 Å². The van der Waals surface area contributed by atoms with Gasteiger partial charge in [0.1, 0.15) is 6.33 Å². The van der Waals surface area contributed by atoms with E-state index >= 15 is 0 Å². The molecule has 1 atom stereocenters. The fraction of sp³-hybridized carbons (Fsp3) is 0.167. The highest BCUT2D eigenvalue weighted by atomic mass is 32.2. The molecule has 0 radical (unpaired) electrons. The SMILES string of the molecule is COC(O)CSc1cncnc1-c1ccc(C#N)c2ccccc12. The molecule has 0 aliphatic heterocycles. The molecule has 3 rings (SSSR count). The Morgan fingerprint density at radius 2 is 2.04 bits per heavy atom.